The Kier molecular flexibility index (Phi) is 7.07. The molecule has 1 aliphatic heterocycles. The van der Waals surface area contributed by atoms with E-state index in [0.717, 1.165) is 17.8 Å². The lowest BCUT2D eigenvalue weighted by atomic mass is 10.1. The number of rotatable bonds is 7. The van der Waals surface area contributed by atoms with Crippen molar-refractivity contribution in [3.8, 4) is 5.75 Å². The number of primary sulfonamides is 1. The second kappa shape index (κ2) is 8.93. The molecule has 28 heavy (non-hydrogen) atoms. The highest BCUT2D eigenvalue weighted by atomic mass is 32.2. The standard InChI is InChI=1S/C17H22N2O7S2/c1-10(15(20)19-7-3-4-13(19)16(21)22)9-27-17(23)12-8-11(28(18,24)25)5-6-14(12)26-2/h5-6,8,10,13H,3-4,7,9H2,1-2H3,(H,21,22)(H2,18,24,25)/t10-,13+/m1/s1. The molecule has 1 aliphatic rings. The predicted molar refractivity (Wildman–Crippen MR) is 103 cm³/mol. The van der Waals surface area contributed by atoms with Crippen molar-refractivity contribution < 1.29 is 32.6 Å². The van der Waals surface area contributed by atoms with E-state index in [2.05, 4.69) is 0 Å². The third-order valence-electron chi connectivity index (χ3n) is 4.43. The van der Waals surface area contributed by atoms with Crippen LogP contribution in [-0.2, 0) is 19.6 Å². The molecule has 11 heteroatoms. The lowest BCUT2D eigenvalue weighted by molar-refractivity contribution is -0.149. The molecule has 0 unspecified atom stereocenters. The van der Waals surface area contributed by atoms with E-state index in [0.29, 0.717) is 19.4 Å². The van der Waals surface area contributed by atoms with Gasteiger partial charge in [0.25, 0.3) is 0 Å². The smallest absolute Gasteiger partial charge is 0.326 e. The summed E-state index contributed by atoms with van der Waals surface area (Å²) in [6, 6.07) is 2.88. The number of carboxylic acids is 1. The monoisotopic (exact) mass is 430 g/mol. The number of carboxylic acid groups (broad SMARTS) is 1. The van der Waals surface area contributed by atoms with Gasteiger partial charge in [0.05, 0.1) is 17.6 Å². The fourth-order valence-electron chi connectivity index (χ4n) is 2.94. The van der Waals surface area contributed by atoms with E-state index in [1.54, 1.807) is 6.92 Å². The van der Waals surface area contributed by atoms with E-state index in [1.807, 2.05) is 0 Å². The maximum absolute atomic E-state index is 12.6. The molecule has 2 atom stereocenters. The largest absolute Gasteiger partial charge is 0.496 e. The van der Waals surface area contributed by atoms with Gasteiger partial charge in [0.2, 0.25) is 21.0 Å². The Hall–Kier alpha value is -2.11. The van der Waals surface area contributed by atoms with Crippen LogP contribution in [0.4, 0.5) is 0 Å². The Bertz CT molecular complexity index is 885. The summed E-state index contributed by atoms with van der Waals surface area (Å²) in [4.78, 5) is 37.4. The maximum Gasteiger partial charge on any atom is 0.326 e. The van der Waals surface area contributed by atoms with Gasteiger partial charge >= 0.3 is 5.97 Å². The van der Waals surface area contributed by atoms with Crippen LogP contribution in [0.2, 0.25) is 0 Å². The fourth-order valence-corrected chi connectivity index (χ4v) is 4.34. The van der Waals surface area contributed by atoms with Crippen LogP contribution in [-0.4, -0.2) is 60.9 Å². The van der Waals surface area contributed by atoms with Crippen molar-refractivity contribution >= 4 is 38.8 Å². The zero-order chi connectivity index (χ0) is 21.1. The molecule has 0 saturated carbocycles. The van der Waals surface area contributed by atoms with E-state index in [-0.39, 0.29) is 27.9 Å². The number of sulfonamides is 1. The van der Waals surface area contributed by atoms with Gasteiger partial charge in [-0.25, -0.2) is 18.4 Å². The molecular formula is C17H22N2O7S2. The first-order valence-electron chi connectivity index (χ1n) is 8.47. The summed E-state index contributed by atoms with van der Waals surface area (Å²) in [5.74, 6) is -1.64. The number of amides is 1. The van der Waals surface area contributed by atoms with E-state index < -0.39 is 33.1 Å². The van der Waals surface area contributed by atoms with Crippen molar-refractivity contribution in [1.82, 2.24) is 4.90 Å². The molecular weight excluding hydrogens is 408 g/mol. The second-order valence-electron chi connectivity index (χ2n) is 6.43. The Morgan fingerprint density at radius 1 is 1.39 bits per heavy atom. The van der Waals surface area contributed by atoms with Gasteiger partial charge < -0.3 is 14.7 Å². The Labute approximate surface area is 167 Å². The second-order valence-corrected chi connectivity index (χ2v) is 8.99. The number of benzene rings is 1. The first-order valence-corrected chi connectivity index (χ1v) is 11.0. The molecule has 1 fully saturated rings. The van der Waals surface area contributed by atoms with Crippen LogP contribution in [0.1, 0.15) is 30.1 Å². The van der Waals surface area contributed by atoms with Crippen molar-refractivity contribution in [1.29, 1.82) is 0 Å². The SMILES string of the molecule is COc1ccc(S(N)(=O)=O)cc1C(=O)SC[C@@H](C)C(=O)N1CCC[C@H]1C(=O)O. The topological polar surface area (TPSA) is 144 Å². The zero-order valence-corrected chi connectivity index (χ0v) is 17.1. The Balaban J connectivity index is 2.09. The summed E-state index contributed by atoms with van der Waals surface area (Å²) >= 11 is 0.834. The van der Waals surface area contributed by atoms with Gasteiger partial charge in [0.1, 0.15) is 11.8 Å². The number of hydrogen-bond acceptors (Lipinski definition) is 7. The van der Waals surface area contributed by atoms with Gasteiger partial charge in [0, 0.05) is 18.2 Å². The third-order valence-corrected chi connectivity index (χ3v) is 6.49. The van der Waals surface area contributed by atoms with E-state index in [9.17, 15) is 27.9 Å². The molecule has 0 radical (unpaired) electrons. The highest BCUT2D eigenvalue weighted by Gasteiger charge is 2.36. The van der Waals surface area contributed by atoms with Crippen molar-refractivity contribution in [2.45, 2.75) is 30.7 Å². The molecule has 1 saturated heterocycles. The molecule has 0 spiro atoms. The van der Waals surface area contributed by atoms with Crippen LogP contribution in [0.15, 0.2) is 23.1 Å². The summed E-state index contributed by atoms with van der Waals surface area (Å²) in [5.41, 5.74) is 0.0308. The van der Waals surface area contributed by atoms with Gasteiger partial charge in [-0.1, -0.05) is 18.7 Å². The zero-order valence-electron chi connectivity index (χ0n) is 15.5. The van der Waals surface area contributed by atoms with E-state index in [1.165, 1.54) is 24.1 Å². The molecule has 1 aromatic carbocycles. The van der Waals surface area contributed by atoms with Crippen molar-refractivity contribution in [2.75, 3.05) is 19.4 Å². The normalized spacial score (nSPS) is 18.0. The van der Waals surface area contributed by atoms with Crippen molar-refractivity contribution in [3.63, 3.8) is 0 Å². The van der Waals surface area contributed by atoms with Crippen molar-refractivity contribution in [2.24, 2.45) is 11.1 Å². The van der Waals surface area contributed by atoms with Crippen LogP contribution in [0.3, 0.4) is 0 Å². The summed E-state index contributed by atoms with van der Waals surface area (Å²) < 4.78 is 28.1. The summed E-state index contributed by atoms with van der Waals surface area (Å²) in [6.45, 7) is 2.00. The molecule has 9 nitrogen and oxygen atoms in total. The molecule has 2 rings (SSSR count). The number of thioether (sulfide) groups is 1. The fraction of sp³-hybridized carbons (Fsp3) is 0.471. The molecule has 0 aliphatic carbocycles. The molecule has 1 aromatic rings. The average molecular weight is 431 g/mol. The van der Waals surface area contributed by atoms with Crippen molar-refractivity contribution in [3.05, 3.63) is 23.8 Å². The number of ether oxygens (including phenoxy) is 1. The minimum Gasteiger partial charge on any atom is -0.496 e. The average Bonchev–Trinajstić information content (AvgIpc) is 3.13. The molecule has 1 heterocycles. The molecule has 1 amide bonds. The maximum atomic E-state index is 12.6. The number of carbonyl (C=O) groups is 3. The van der Waals surface area contributed by atoms with Crippen LogP contribution in [0.5, 0.6) is 5.75 Å². The highest BCUT2D eigenvalue weighted by Crippen LogP contribution is 2.28. The summed E-state index contributed by atoms with van der Waals surface area (Å²) in [7, 11) is -2.64. The van der Waals surface area contributed by atoms with Crippen LogP contribution in [0.25, 0.3) is 0 Å². The number of carbonyl (C=O) groups excluding carboxylic acids is 2. The first kappa shape index (κ1) is 22.2. The number of nitrogens with two attached hydrogens (primary N) is 1. The number of methoxy groups -OCH3 is 1. The molecule has 154 valence electrons. The van der Waals surface area contributed by atoms with Gasteiger partial charge in [-0.15, -0.1) is 0 Å². The molecule has 0 bridgehead atoms. The van der Waals surface area contributed by atoms with Crippen LogP contribution >= 0.6 is 11.8 Å². The van der Waals surface area contributed by atoms with Gasteiger partial charge in [-0.05, 0) is 31.0 Å². The summed E-state index contributed by atoms with van der Waals surface area (Å²) in [6.07, 6.45) is 1.04. The number of aliphatic carboxylic acids is 1. The number of likely N-dealkylation sites (tertiary alicyclic amines) is 1. The first-order chi connectivity index (χ1) is 13.1. The lowest BCUT2D eigenvalue weighted by Gasteiger charge is -2.24. The van der Waals surface area contributed by atoms with Crippen LogP contribution < -0.4 is 9.88 Å². The van der Waals surface area contributed by atoms with E-state index in [4.69, 9.17) is 9.88 Å². The minimum atomic E-state index is -3.99. The van der Waals surface area contributed by atoms with Crippen LogP contribution in [0, 0.1) is 5.92 Å². The Morgan fingerprint density at radius 3 is 2.64 bits per heavy atom. The minimum absolute atomic E-state index is 0.0308. The molecule has 0 aromatic heterocycles. The quantitative estimate of drug-likeness (QED) is 0.650. The summed E-state index contributed by atoms with van der Waals surface area (Å²) in [5, 5.41) is 13.8. The van der Waals surface area contributed by atoms with Gasteiger partial charge in [-0.3, -0.25) is 9.59 Å². The molecule has 3 N–H and O–H groups in total. The lowest BCUT2D eigenvalue weighted by Crippen LogP contribution is -2.43. The Morgan fingerprint density at radius 2 is 2.07 bits per heavy atom. The van der Waals surface area contributed by atoms with Gasteiger partial charge in [-0.2, -0.15) is 0 Å². The third kappa shape index (κ3) is 5.03. The highest BCUT2D eigenvalue weighted by molar-refractivity contribution is 8.14. The number of nitrogens with zero attached hydrogens (tertiary/aromatic N) is 1. The van der Waals surface area contributed by atoms with Gasteiger partial charge in [0.15, 0.2) is 0 Å². The van der Waals surface area contributed by atoms with E-state index >= 15 is 0 Å². The number of hydrogen-bond donors (Lipinski definition) is 2. The predicted octanol–water partition coefficient (Wildman–Crippen LogP) is 0.928.